The van der Waals surface area contributed by atoms with E-state index in [0.29, 0.717) is 0 Å². The SMILES string of the molecule is CCCCN(C)C1Oc2ccccc2O1. The highest BCUT2D eigenvalue weighted by Crippen LogP contribution is 2.34. The summed E-state index contributed by atoms with van der Waals surface area (Å²) in [7, 11) is 2.02. The van der Waals surface area contributed by atoms with Gasteiger partial charge >= 0.3 is 6.41 Å². The lowest BCUT2D eigenvalue weighted by atomic mass is 10.3. The Morgan fingerprint density at radius 3 is 2.33 bits per heavy atom. The van der Waals surface area contributed by atoms with E-state index >= 15 is 0 Å². The zero-order valence-corrected chi connectivity index (χ0v) is 9.27. The van der Waals surface area contributed by atoms with Gasteiger partial charge in [-0.1, -0.05) is 25.5 Å². The molecule has 1 heterocycles. The fourth-order valence-corrected chi connectivity index (χ4v) is 1.58. The highest BCUT2D eigenvalue weighted by molar-refractivity contribution is 5.41. The molecule has 15 heavy (non-hydrogen) atoms. The van der Waals surface area contributed by atoms with E-state index < -0.39 is 0 Å². The minimum absolute atomic E-state index is 0.256. The number of rotatable bonds is 4. The zero-order chi connectivity index (χ0) is 10.7. The number of unbranched alkanes of at least 4 members (excludes halogenated alkanes) is 1. The van der Waals surface area contributed by atoms with Gasteiger partial charge in [-0.3, -0.25) is 0 Å². The van der Waals surface area contributed by atoms with Gasteiger partial charge in [0.25, 0.3) is 0 Å². The molecule has 0 aliphatic carbocycles. The van der Waals surface area contributed by atoms with Crippen LogP contribution >= 0.6 is 0 Å². The Labute approximate surface area is 90.6 Å². The number of ether oxygens (including phenoxy) is 2. The Balaban J connectivity index is 1.94. The number of benzene rings is 1. The summed E-state index contributed by atoms with van der Waals surface area (Å²) >= 11 is 0. The quantitative estimate of drug-likeness (QED) is 0.757. The first kappa shape index (κ1) is 10.3. The van der Waals surface area contributed by atoms with Crippen molar-refractivity contribution in [2.24, 2.45) is 0 Å². The van der Waals surface area contributed by atoms with Crippen LogP contribution in [0.3, 0.4) is 0 Å². The molecule has 0 aromatic heterocycles. The van der Waals surface area contributed by atoms with Crippen LogP contribution in [-0.4, -0.2) is 24.9 Å². The molecular weight excluding hydrogens is 190 g/mol. The standard InChI is InChI=1S/C12H17NO2/c1-3-4-9-13(2)12-14-10-7-5-6-8-11(10)15-12/h5-8,12H,3-4,9H2,1-2H3. The topological polar surface area (TPSA) is 21.7 Å². The van der Waals surface area contributed by atoms with Crippen LogP contribution < -0.4 is 9.47 Å². The first-order valence-corrected chi connectivity index (χ1v) is 5.44. The average molecular weight is 207 g/mol. The lowest BCUT2D eigenvalue weighted by Crippen LogP contribution is -2.38. The molecule has 3 nitrogen and oxygen atoms in total. The molecule has 0 saturated heterocycles. The summed E-state index contributed by atoms with van der Waals surface area (Å²) in [4.78, 5) is 2.09. The lowest BCUT2D eigenvalue weighted by Gasteiger charge is -2.21. The van der Waals surface area contributed by atoms with E-state index in [9.17, 15) is 0 Å². The summed E-state index contributed by atoms with van der Waals surface area (Å²) in [6, 6.07) is 7.78. The summed E-state index contributed by atoms with van der Waals surface area (Å²) in [5.41, 5.74) is 0. The summed E-state index contributed by atoms with van der Waals surface area (Å²) in [5, 5.41) is 0. The van der Waals surface area contributed by atoms with Gasteiger partial charge in [0, 0.05) is 6.54 Å². The monoisotopic (exact) mass is 207 g/mol. The third-order valence-corrected chi connectivity index (χ3v) is 2.53. The molecule has 0 atom stereocenters. The second kappa shape index (κ2) is 4.53. The van der Waals surface area contributed by atoms with Crippen molar-refractivity contribution in [2.45, 2.75) is 26.2 Å². The average Bonchev–Trinajstić information content (AvgIpc) is 2.69. The van der Waals surface area contributed by atoms with Gasteiger partial charge in [-0.15, -0.1) is 0 Å². The first-order chi connectivity index (χ1) is 7.31. The van der Waals surface area contributed by atoms with E-state index in [1.165, 1.54) is 6.42 Å². The number of hydrogen-bond acceptors (Lipinski definition) is 3. The van der Waals surface area contributed by atoms with Crippen molar-refractivity contribution < 1.29 is 9.47 Å². The summed E-state index contributed by atoms with van der Waals surface area (Å²) in [6.07, 6.45) is 2.09. The van der Waals surface area contributed by atoms with Crippen LogP contribution in [-0.2, 0) is 0 Å². The zero-order valence-electron chi connectivity index (χ0n) is 9.27. The highest BCUT2D eigenvalue weighted by atomic mass is 16.7. The number of fused-ring (bicyclic) bond motifs is 1. The van der Waals surface area contributed by atoms with Crippen LogP contribution in [0.4, 0.5) is 0 Å². The van der Waals surface area contributed by atoms with Crippen molar-refractivity contribution in [1.29, 1.82) is 0 Å². The molecule has 0 bridgehead atoms. The van der Waals surface area contributed by atoms with Gasteiger partial charge in [0.2, 0.25) is 0 Å². The second-order valence-electron chi connectivity index (χ2n) is 3.82. The van der Waals surface area contributed by atoms with Crippen LogP contribution in [0.2, 0.25) is 0 Å². The first-order valence-electron chi connectivity index (χ1n) is 5.44. The van der Waals surface area contributed by atoms with Crippen molar-refractivity contribution in [1.82, 2.24) is 4.90 Å². The van der Waals surface area contributed by atoms with Crippen LogP contribution in [0.25, 0.3) is 0 Å². The minimum Gasteiger partial charge on any atom is -0.438 e. The Hall–Kier alpha value is -1.22. The Morgan fingerprint density at radius 1 is 1.20 bits per heavy atom. The molecule has 0 unspecified atom stereocenters. The van der Waals surface area contributed by atoms with Gasteiger partial charge in [-0.05, 0) is 25.6 Å². The summed E-state index contributed by atoms with van der Waals surface area (Å²) in [6.45, 7) is 3.17. The minimum atomic E-state index is -0.256. The Kier molecular flexibility index (Phi) is 3.11. The lowest BCUT2D eigenvalue weighted by molar-refractivity contribution is -0.0747. The van der Waals surface area contributed by atoms with Crippen molar-refractivity contribution in [2.75, 3.05) is 13.6 Å². The van der Waals surface area contributed by atoms with Crippen LogP contribution in [0.15, 0.2) is 24.3 Å². The number of hydrogen-bond donors (Lipinski definition) is 0. The second-order valence-corrected chi connectivity index (χ2v) is 3.82. The van der Waals surface area contributed by atoms with E-state index in [0.717, 1.165) is 24.5 Å². The Bertz CT molecular complexity index is 302. The molecule has 0 spiro atoms. The van der Waals surface area contributed by atoms with E-state index in [1.54, 1.807) is 0 Å². The largest absolute Gasteiger partial charge is 0.438 e. The molecule has 0 saturated carbocycles. The number of para-hydroxylation sites is 2. The molecule has 0 fully saturated rings. The predicted octanol–water partition coefficient (Wildman–Crippen LogP) is 2.47. The Morgan fingerprint density at radius 2 is 1.80 bits per heavy atom. The van der Waals surface area contributed by atoms with Gasteiger partial charge < -0.3 is 9.47 Å². The molecule has 1 aromatic carbocycles. The smallest absolute Gasteiger partial charge is 0.304 e. The van der Waals surface area contributed by atoms with Crippen LogP contribution in [0.5, 0.6) is 11.5 Å². The molecule has 0 radical (unpaired) electrons. The molecule has 2 rings (SSSR count). The third kappa shape index (κ3) is 2.23. The summed E-state index contributed by atoms with van der Waals surface area (Å²) in [5.74, 6) is 1.68. The molecule has 1 aliphatic heterocycles. The van der Waals surface area contributed by atoms with Crippen molar-refractivity contribution in [3.8, 4) is 11.5 Å². The molecule has 0 N–H and O–H groups in total. The highest BCUT2D eigenvalue weighted by Gasteiger charge is 2.26. The molecule has 1 aromatic rings. The normalized spacial score (nSPS) is 14.9. The molecule has 3 heteroatoms. The molecule has 82 valence electrons. The van der Waals surface area contributed by atoms with E-state index in [-0.39, 0.29) is 6.41 Å². The van der Waals surface area contributed by atoms with Crippen LogP contribution in [0, 0.1) is 0 Å². The maximum atomic E-state index is 5.67. The molecular formula is C12H17NO2. The summed E-state index contributed by atoms with van der Waals surface area (Å²) < 4.78 is 11.3. The maximum absolute atomic E-state index is 5.67. The van der Waals surface area contributed by atoms with E-state index in [1.807, 2.05) is 31.3 Å². The van der Waals surface area contributed by atoms with Crippen molar-refractivity contribution in [3.63, 3.8) is 0 Å². The van der Waals surface area contributed by atoms with Gasteiger partial charge in [-0.25, -0.2) is 4.90 Å². The van der Waals surface area contributed by atoms with Gasteiger partial charge in [-0.2, -0.15) is 0 Å². The van der Waals surface area contributed by atoms with Gasteiger partial charge in [0.05, 0.1) is 0 Å². The van der Waals surface area contributed by atoms with E-state index in [4.69, 9.17) is 9.47 Å². The third-order valence-electron chi connectivity index (χ3n) is 2.53. The molecule has 1 aliphatic rings. The molecule has 0 amide bonds. The fraction of sp³-hybridized carbons (Fsp3) is 0.500. The van der Waals surface area contributed by atoms with Gasteiger partial charge in [0.1, 0.15) is 0 Å². The van der Waals surface area contributed by atoms with Gasteiger partial charge in [0.15, 0.2) is 11.5 Å². The predicted molar refractivity (Wildman–Crippen MR) is 59.0 cm³/mol. The van der Waals surface area contributed by atoms with Crippen LogP contribution in [0.1, 0.15) is 19.8 Å². The van der Waals surface area contributed by atoms with Crippen molar-refractivity contribution >= 4 is 0 Å². The fourth-order valence-electron chi connectivity index (χ4n) is 1.58. The van der Waals surface area contributed by atoms with E-state index in [2.05, 4.69) is 11.8 Å². The van der Waals surface area contributed by atoms with Crippen molar-refractivity contribution in [3.05, 3.63) is 24.3 Å². The number of nitrogens with zero attached hydrogens (tertiary/aromatic N) is 1. The maximum Gasteiger partial charge on any atom is 0.304 e.